The summed E-state index contributed by atoms with van der Waals surface area (Å²) in [6.07, 6.45) is -0.696. The SMILES string of the molecule is O=C(O)Cc1cc2ccccc2nc1C(=O)O.O=C(O)Cc1cc2ccccc2nc1C(=O)O. The van der Waals surface area contributed by atoms with Gasteiger partial charge >= 0.3 is 23.9 Å². The van der Waals surface area contributed by atoms with E-state index in [1.165, 1.54) is 0 Å². The van der Waals surface area contributed by atoms with Crippen molar-refractivity contribution in [2.45, 2.75) is 12.8 Å². The average molecular weight is 462 g/mol. The molecule has 0 aliphatic heterocycles. The van der Waals surface area contributed by atoms with Crippen molar-refractivity contribution >= 4 is 45.7 Å². The van der Waals surface area contributed by atoms with E-state index in [2.05, 4.69) is 9.97 Å². The zero-order chi connectivity index (χ0) is 24.8. The van der Waals surface area contributed by atoms with Crippen molar-refractivity contribution in [3.63, 3.8) is 0 Å². The summed E-state index contributed by atoms with van der Waals surface area (Å²) >= 11 is 0. The molecule has 0 aliphatic carbocycles. The Hall–Kier alpha value is -4.86. The summed E-state index contributed by atoms with van der Waals surface area (Å²) in [5.74, 6) is -4.59. The van der Waals surface area contributed by atoms with Gasteiger partial charge in [0.2, 0.25) is 0 Å². The first-order valence-corrected chi connectivity index (χ1v) is 9.83. The predicted octanol–water partition coefficient (Wildman–Crippen LogP) is 3.12. The number of aromatic carboxylic acids is 2. The van der Waals surface area contributed by atoms with Gasteiger partial charge in [-0.1, -0.05) is 36.4 Å². The molecule has 2 aromatic heterocycles. The summed E-state index contributed by atoms with van der Waals surface area (Å²) in [5, 5.41) is 36.9. The van der Waals surface area contributed by atoms with Gasteiger partial charge in [0.25, 0.3) is 0 Å². The third-order valence-electron chi connectivity index (χ3n) is 4.69. The fourth-order valence-corrected chi connectivity index (χ4v) is 3.29. The lowest BCUT2D eigenvalue weighted by molar-refractivity contribution is -0.137. The van der Waals surface area contributed by atoms with Crippen molar-refractivity contribution < 1.29 is 39.6 Å². The van der Waals surface area contributed by atoms with Crippen LogP contribution in [0.5, 0.6) is 0 Å². The summed E-state index contributed by atoms with van der Waals surface area (Å²) in [5.41, 5.74) is 1.10. The molecule has 0 amide bonds. The van der Waals surface area contributed by atoms with Crippen LogP contribution in [0, 0.1) is 0 Å². The Kier molecular flexibility index (Phi) is 7.12. The van der Waals surface area contributed by atoms with Gasteiger partial charge in [0.1, 0.15) is 0 Å². The lowest BCUT2D eigenvalue weighted by Gasteiger charge is -2.05. The summed E-state index contributed by atoms with van der Waals surface area (Å²) in [6.45, 7) is 0. The van der Waals surface area contributed by atoms with Crippen molar-refractivity contribution in [2.24, 2.45) is 0 Å². The highest BCUT2D eigenvalue weighted by Crippen LogP contribution is 2.18. The summed E-state index contributed by atoms with van der Waals surface area (Å²) in [6, 6.07) is 17.1. The van der Waals surface area contributed by atoms with Gasteiger partial charge in [-0.3, -0.25) is 9.59 Å². The summed E-state index contributed by atoms with van der Waals surface area (Å²) in [4.78, 5) is 51.2. The smallest absolute Gasteiger partial charge is 0.354 e. The van der Waals surface area contributed by atoms with E-state index in [9.17, 15) is 19.2 Å². The van der Waals surface area contributed by atoms with Crippen molar-refractivity contribution in [2.75, 3.05) is 0 Å². The molecule has 4 N–H and O–H groups in total. The van der Waals surface area contributed by atoms with E-state index >= 15 is 0 Å². The number of hydrogen-bond acceptors (Lipinski definition) is 6. The Labute approximate surface area is 191 Å². The Bertz CT molecular complexity index is 1320. The number of nitrogens with zero attached hydrogens (tertiary/aromatic N) is 2. The van der Waals surface area contributed by atoms with Gasteiger partial charge in [-0.25, -0.2) is 19.6 Å². The minimum atomic E-state index is -1.22. The molecule has 4 aromatic rings. The number of carbonyl (C=O) groups is 4. The molecule has 0 saturated carbocycles. The van der Waals surface area contributed by atoms with Crippen LogP contribution in [0.15, 0.2) is 60.7 Å². The Morgan fingerprint density at radius 3 is 1.26 bits per heavy atom. The summed E-state index contributed by atoms with van der Waals surface area (Å²) < 4.78 is 0. The number of benzene rings is 2. The maximum Gasteiger partial charge on any atom is 0.354 e. The van der Waals surface area contributed by atoms with E-state index in [4.69, 9.17) is 20.4 Å². The molecule has 172 valence electrons. The van der Waals surface area contributed by atoms with Gasteiger partial charge in [-0.05, 0) is 35.4 Å². The van der Waals surface area contributed by atoms with Gasteiger partial charge in [0.15, 0.2) is 11.4 Å². The zero-order valence-electron chi connectivity index (χ0n) is 17.5. The van der Waals surface area contributed by atoms with Gasteiger partial charge < -0.3 is 20.4 Å². The maximum absolute atomic E-state index is 11.0. The van der Waals surface area contributed by atoms with E-state index in [0.717, 1.165) is 10.8 Å². The maximum atomic E-state index is 11.0. The highest BCUT2D eigenvalue weighted by Gasteiger charge is 2.16. The molecule has 2 heterocycles. The van der Waals surface area contributed by atoms with E-state index in [0.29, 0.717) is 11.0 Å². The van der Waals surface area contributed by atoms with E-state index < -0.39 is 23.9 Å². The van der Waals surface area contributed by atoms with E-state index in [1.807, 2.05) is 0 Å². The molecule has 0 atom stereocenters. The topological polar surface area (TPSA) is 175 Å². The number of para-hydroxylation sites is 2. The van der Waals surface area contributed by atoms with Gasteiger partial charge in [0.05, 0.1) is 23.9 Å². The van der Waals surface area contributed by atoms with Crippen LogP contribution in [0.3, 0.4) is 0 Å². The molecule has 0 unspecified atom stereocenters. The molecule has 10 nitrogen and oxygen atoms in total. The third kappa shape index (κ3) is 5.68. The third-order valence-corrected chi connectivity index (χ3v) is 4.69. The van der Waals surface area contributed by atoms with E-state index in [-0.39, 0.29) is 35.4 Å². The van der Waals surface area contributed by atoms with Crippen LogP contribution in [0.2, 0.25) is 0 Å². The number of carboxylic acids is 4. The largest absolute Gasteiger partial charge is 0.481 e. The molecule has 0 saturated heterocycles. The van der Waals surface area contributed by atoms with Crippen LogP contribution in [0.25, 0.3) is 21.8 Å². The molecule has 0 fully saturated rings. The Morgan fingerprint density at radius 1 is 0.588 bits per heavy atom. The van der Waals surface area contributed by atoms with Crippen LogP contribution < -0.4 is 0 Å². The van der Waals surface area contributed by atoms with Gasteiger partial charge in [0, 0.05) is 10.8 Å². The van der Waals surface area contributed by atoms with Crippen LogP contribution in [0.1, 0.15) is 32.1 Å². The van der Waals surface area contributed by atoms with Crippen LogP contribution >= 0.6 is 0 Å². The van der Waals surface area contributed by atoms with Crippen molar-refractivity contribution in [1.29, 1.82) is 0 Å². The number of fused-ring (bicyclic) bond motifs is 2. The molecule has 0 radical (unpaired) electrons. The van der Waals surface area contributed by atoms with E-state index in [1.54, 1.807) is 60.7 Å². The molecule has 0 bridgehead atoms. The fourth-order valence-electron chi connectivity index (χ4n) is 3.29. The number of aliphatic carboxylic acids is 2. The quantitative estimate of drug-likeness (QED) is 0.333. The molecule has 0 aliphatic rings. The Morgan fingerprint density at radius 2 is 0.941 bits per heavy atom. The average Bonchev–Trinajstić information content (AvgIpc) is 2.77. The van der Waals surface area contributed by atoms with Crippen molar-refractivity contribution in [3.8, 4) is 0 Å². The monoisotopic (exact) mass is 462 g/mol. The lowest BCUT2D eigenvalue weighted by atomic mass is 10.1. The minimum Gasteiger partial charge on any atom is -0.481 e. The van der Waals surface area contributed by atoms with Crippen LogP contribution in [-0.4, -0.2) is 54.3 Å². The minimum absolute atomic E-state index is 0.203. The highest BCUT2D eigenvalue weighted by molar-refractivity contribution is 5.94. The second-order valence-corrected chi connectivity index (χ2v) is 7.13. The summed E-state index contributed by atoms with van der Waals surface area (Å²) in [7, 11) is 0. The predicted molar refractivity (Wildman–Crippen MR) is 120 cm³/mol. The van der Waals surface area contributed by atoms with Crippen LogP contribution in [0.4, 0.5) is 0 Å². The molecular weight excluding hydrogens is 444 g/mol. The number of carboxylic acid groups (broad SMARTS) is 4. The normalized spacial score (nSPS) is 10.4. The standard InChI is InChI=1S/2C12H9NO4/c2*14-10(15)6-8-5-7-3-1-2-4-9(7)13-11(8)12(16)17/h2*1-5H,6H2,(H,14,15)(H,16,17). The fraction of sp³-hybridized carbons (Fsp3) is 0.0833. The molecule has 34 heavy (non-hydrogen) atoms. The molecule has 10 heteroatoms. The molecule has 2 aromatic carbocycles. The number of hydrogen-bond donors (Lipinski definition) is 4. The molecule has 0 spiro atoms. The van der Waals surface area contributed by atoms with Crippen molar-refractivity contribution in [3.05, 3.63) is 83.2 Å². The highest BCUT2D eigenvalue weighted by atomic mass is 16.4. The Balaban J connectivity index is 0.000000191. The lowest BCUT2D eigenvalue weighted by Crippen LogP contribution is -2.10. The zero-order valence-corrected chi connectivity index (χ0v) is 17.5. The first-order chi connectivity index (χ1) is 16.2. The first kappa shape index (κ1) is 23.8. The van der Waals surface area contributed by atoms with Gasteiger partial charge in [-0.2, -0.15) is 0 Å². The number of rotatable bonds is 6. The molecule has 4 rings (SSSR count). The number of pyridine rings is 2. The van der Waals surface area contributed by atoms with Crippen LogP contribution in [-0.2, 0) is 22.4 Å². The molecular formula is C24H18N2O8. The number of aromatic nitrogens is 2. The first-order valence-electron chi connectivity index (χ1n) is 9.83. The van der Waals surface area contributed by atoms with Crippen molar-refractivity contribution in [1.82, 2.24) is 9.97 Å². The van der Waals surface area contributed by atoms with Gasteiger partial charge in [-0.15, -0.1) is 0 Å². The second-order valence-electron chi connectivity index (χ2n) is 7.13. The second kappa shape index (κ2) is 10.2.